The smallest absolute Gasteiger partial charge is 0.139 e. The van der Waals surface area contributed by atoms with Crippen molar-refractivity contribution in [1.29, 1.82) is 0 Å². The summed E-state index contributed by atoms with van der Waals surface area (Å²) < 4.78 is 0.803. The zero-order chi connectivity index (χ0) is 11.6. The van der Waals surface area contributed by atoms with Gasteiger partial charge in [0.1, 0.15) is 5.75 Å². The van der Waals surface area contributed by atoms with Crippen LogP contribution in [-0.4, -0.2) is 5.11 Å². The maximum Gasteiger partial charge on any atom is 0.139 e. The van der Waals surface area contributed by atoms with Crippen LogP contribution in [0.2, 0.25) is 5.02 Å². The minimum atomic E-state index is -0.280. The molecular formula is C11H14BrCl2NO. The number of hydrogen-bond donors (Lipinski definition) is 2. The molecular weight excluding hydrogens is 313 g/mol. The van der Waals surface area contributed by atoms with Gasteiger partial charge in [-0.25, -0.2) is 0 Å². The average Bonchev–Trinajstić information content (AvgIpc) is 2.09. The summed E-state index contributed by atoms with van der Waals surface area (Å²) in [5, 5.41) is 10.0. The van der Waals surface area contributed by atoms with Gasteiger partial charge in [0, 0.05) is 16.1 Å². The van der Waals surface area contributed by atoms with Gasteiger partial charge in [0.2, 0.25) is 0 Å². The predicted octanol–water partition coefficient (Wildman–Crippen LogP) is 4.20. The third kappa shape index (κ3) is 3.98. The molecule has 1 aromatic carbocycles. The maximum absolute atomic E-state index is 9.74. The normalized spacial score (nSPS) is 11.8. The molecule has 2 nitrogen and oxygen atoms in total. The minimum Gasteiger partial charge on any atom is -0.506 e. The van der Waals surface area contributed by atoms with Crippen LogP contribution in [0.15, 0.2) is 28.8 Å². The lowest BCUT2D eigenvalue weighted by Crippen LogP contribution is -2.10. The van der Waals surface area contributed by atoms with E-state index in [1.165, 1.54) is 0 Å². The van der Waals surface area contributed by atoms with E-state index in [2.05, 4.69) is 22.5 Å². The van der Waals surface area contributed by atoms with E-state index in [4.69, 9.17) is 17.3 Å². The Morgan fingerprint density at radius 1 is 1.62 bits per heavy atom. The molecule has 1 atom stereocenters. The lowest BCUT2D eigenvalue weighted by atomic mass is 10.0. The van der Waals surface area contributed by atoms with E-state index in [1.807, 2.05) is 6.92 Å². The number of aromatic hydroxyl groups is 1. The van der Waals surface area contributed by atoms with Gasteiger partial charge in [-0.1, -0.05) is 33.1 Å². The second kappa shape index (κ2) is 6.50. The molecule has 0 aliphatic carbocycles. The molecule has 0 aromatic heterocycles. The summed E-state index contributed by atoms with van der Waals surface area (Å²) >= 11 is 9.15. The van der Waals surface area contributed by atoms with Gasteiger partial charge in [-0.3, -0.25) is 0 Å². The molecule has 0 bridgehead atoms. The number of hydrogen-bond acceptors (Lipinski definition) is 2. The van der Waals surface area contributed by atoms with Gasteiger partial charge in [-0.15, -0.1) is 19.0 Å². The number of halogens is 3. The van der Waals surface area contributed by atoms with Crippen LogP contribution in [0.25, 0.3) is 0 Å². The second-order valence-corrected chi connectivity index (χ2v) is 4.92. The Labute approximate surface area is 115 Å². The van der Waals surface area contributed by atoms with Gasteiger partial charge in [0.25, 0.3) is 0 Å². The summed E-state index contributed by atoms with van der Waals surface area (Å²) in [5.41, 5.74) is 7.54. The third-order valence-corrected chi connectivity index (χ3v) is 2.77. The van der Waals surface area contributed by atoms with Crippen LogP contribution in [-0.2, 0) is 0 Å². The first-order valence-corrected chi connectivity index (χ1v) is 5.66. The Hall–Kier alpha value is -0.220. The van der Waals surface area contributed by atoms with Gasteiger partial charge >= 0.3 is 0 Å². The summed E-state index contributed by atoms with van der Waals surface area (Å²) in [4.78, 5) is 0. The van der Waals surface area contributed by atoms with E-state index in [0.29, 0.717) is 17.0 Å². The highest BCUT2D eigenvalue weighted by Crippen LogP contribution is 2.35. The van der Waals surface area contributed by atoms with E-state index in [0.717, 1.165) is 10.0 Å². The molecule has 90 valence electrons. The monoisotopic (exact) mass is 325 g/mol. The Morgan fingerprint density at radius 2 is 2.19 bits per heavy atom. The summed E-state index contributed by atoms with van der Waals surface area (Å²) in [7, 11) is 0. The highest BCUT2D eigenvalue weighted by atomic mass is 79.9. The van der Waals surface area contributed by atoms with E-state index < -0.39 is 0 Å². The quantitative estimate of drug-likeness (QED) is 0.818. The van der Waals surface area contributed by atoms with Crippen molar-refractivity contribution in [3.63, 3.8) is 0 Å². The van der Waals surface area contributed by atoms with E-state index in [-0.39, 0.29) is 24.2 Å². The van der Waals surface area contributed by atoms with Crippen molar-refractivity contribution in [2.24, 2.45) is 5.73 Å². The predicted molar refractivity (Wildman–Crippen MR) is 74.4 cm³/mol. The molecule has 3 N–H and O–H groups in total. The van der Waals surface area contributed by atoms with E-state index >= 15 is 0 Å². The molecule has 0 fully saturated rings. The largest absolute Gasteiger partial charge is 0.506 e. The van der Waals surface area contributed by atoms with Crippen molar-refractivity contribution in [2.75, 3.05) is 0 Å². The molecule has 5 heteroatoms. The van der Waals surface area contributed by atoms with Gasteiger partial charge in [-0.05, 0) is 25.5 Å². The first kappa shape index (κ1) is 15.8. The molecule has 0 saturated carbocycles. The maximum atomic E-state index is 9.74. The highest BCUT2D eigenvalue weighted by Gasteiger charge is 2.14. The lowest BCUT2D eigenvalue weighted by molar-refractivity contribution is 0.461. The average molecular weight is 327 g/mol. The Kier molecular flexibility index (Phi) is 6.41. The van der Waals surface area contributed by atoms with Gasteiger partial charge < -0.3 is 10.8 Å². The SMILES string of the molecule is C=C(C)C[C@H](N)c1cc(Br)cc(Cl)c1O.Cl. The van der Waals surface area contributed by atoms with Crippen LogP contribution >= 0.6 is 39.9 Å². The molecule has 0 aliphatic rings. The van der Waals surface area contributed by atoms with Gasteiger partial charge in [0.15, 0.2) is 0 Å². The number of benzene rings is 1. The van der Waals surface area contributed by atoms with Gasteiger partial charge in [0.05, 0.1) is 5.02 Å². The number of nitrogens with two attached hydrogens (primary N) is 1. The molecule has 0 unspecified atom stereocenters. The molecule has 0 radical (unpaired) electrons. The Bertz CT molecular complexity index is 396. The highest BCUT2D eigenvalue weighted by molar-refractivity contribution is 9.10. The first-order valence-electron chi connectivity index (χ1n) is 4.49. The molecule has 0 saturated heterocycles. The lowest BCUT2D eigenvalue weighted by Gasteiger charge is -2.14. The van der Waals surface area contributed by atoms with Crippen molar-refractivity contribution < 1.29 is 5.11 Å². The fraction of sp³-hybridized carbons (Fsp3) is 0.273. The van der Waals surface area contributed by atoms with Crippen LogP contribution < -0.4 is 5.73 Å². The van der Waals surface area contributed by atoms with Gasteiger partial charge in [-0.2, -0.15) is 0 Å². The van der Waals surface area contributed by atoms with Crippen LogP contribution in [0.1, 0.15) is 24.9 Å². The van der Waals surface area contributed by atoms with Crippen molar-refractivity contribution in [3.05, 3.63) is 39.3 Å². The van der Waals surface area contributed by atoms with E-state index in [9.17, 15) is 5.11 Å². The Balaban J connectivity index is 0.00000225. The number of phenols is 1. The topological polar surface area (TPSA) is 46.2 Å². The van der Waals surface area contributed by atoms with Crippen molar-refractivity contribution in [1.82, 2.24) is 0 Å². The van der Waals surface area contributed by atoms with Crippen molar-refractivity contribution in [3.8, 4) is 5.75 Å². The van der Waals surface area contributed by atoms with Crippen LogP contribution in [0.4, 0.5) is 0 Å². The third-order valence-electron chi connectivity index (χ3n) is 2.03. The first-order chi connectivity index (χ1) is 6.91. The van der Waals surface area contributed by atoms with Crippen LogP contribution in [0.3, 0.4) is 0 Å². The standard InChI is InChI=1S/C11H13BrClNO.ClH/c1-6(2)3-10(14)8-4-7(12)5-9(13)11(8)15;/h4-5,10,15H,1,3,14H2,2H3;1H/t10-;/m0./s1. The molecule has 16 heavy (non-hydrogen) atoms. The molecule has 1 aromatic rings. The summed E-state index contributed by atoms with van der Waals surface area (Å²) in [6.45, 7) is 5.69. The fourth-order valence-electron chi connectivity index (χ4n) is 1.35. The molecule has 0 amide bonds. The minimum absolute atomic E-state index is 0. The molecule has 0 heterocycles. The zero-order valence-corrected chi connectivity index (χ0v) is 12.0. The second-order valence-electron chi connectivity index (χ2n) is 3.59. The molecule has 1 rings (SSSR count). The van der Waals surface area contributed by atoms with Crippen LogP contribution in [0, 0.1) is 0 Å². The zero-order valence-electron chi connectivity index (χ0n) is 8.84. The number of rotatable bonds is 3. The summed E-state index contributed by atoms with van der Waals surface area (Å²) in [6, 6.07) is 3.13. The molecule has 0 aliphatic heterocycles. The fourth-order valence-corrected chi connectivity index (χ4v) is 2.19. The van der Waals surface area contributed by atoms with Crippen molar-refractivity contribution >= 4 is 39.9 Å². The Morgan fingerprint density at radius 3 is 2.69 bits per heavy atom. The molecule has 0 spiro atoms. The van der Waals surface area contributed by atoms with Crippen molar-refractivity contribution in [2.45, 2.75) is 19.4 Å². The summed E-state index contributed by atoms with van der Waals surface area (Å²) in [6.07, 6.45) is 0.625. The number of phenolic OH excluding ortho intramolecular Hbond substituents is 1. The van der Waals surface area contributed by atoms with E-state index in [1.54, 1.807) is 12.1 Å². The van der Waals surface area contributed by atoms with Crippen LogP contribution in [0.5, 0.6) is 5.75 Å². The summed E-state index contributed by atoms with van der Waals surface area (Å²) in [5.74, 6) is 0.0496.